The SMILES string of the molecule is N#Cc1ccc2c(c1)[N+]([O-])=C(c1ccc(F)c(F)c1)C2=O. The molecule has 1 aliphatic rings. The first-order valence-corrected chi connectivity index (χ1v) is 5.91. The van der Waals surface area contributed by atoms with Gasteiger partial charge in [0.2, 0.25) is 5.69 Å². The molecule has 4 nitrogen and oxygen atoms in total. The van der Waals surface area contributed by atoms with E-state index in [0.717, 1.165) is 18.2 Å². The Labute approximate surface area is 117 Å². The number of carbonyl (C=O) groups is 1. The number of hydrogen-bond acceptors (Lipinski definition) is 3. The van der Waals surface area contributed by atoms with E-state index < -0.39 is 17.4 Å². The normalized spacial score (nSPS) is 13.3. The van der Waals surface area contributed by atoms with Crippen LogP contribution in [0.3, 0.4) is 0 Å². The van der Waals surface area contributed by atoms with Crippen molar-refractivity contribution in [2.45, 2.75) is 0 Å². The Morgan fingerprint density at radius 3 is 2.52 bits per heavy atom. The first kappa shape index (κ1) is 12.9. The van der Waals surface area contributed by atoms with E-state index in [9.17, 15) is 18.8 Å². The molecule has 21 heavy (non-hydrogen) atoms. The maximum atomic E-state index is 13.3. The maximum Gasteiger partial charge on any atom is 0.273 e. The Bertz CT molecular complexity index is 866. The lowest BCUT2D eigenvalue weighted by Gasteiger charge is -2.02. The van der Waals surface area contributed by atoms with Crippen molar-refractivity contribution in [3.63, 3.8) is 0 Å². The highest BCUT2D eigenvalue weighted by Crippen LogP contribution is 2.29. The van der Waals surface area contributed by atoms with Crippen LogP contribution in [0.5, 0.6) is 0 Å². The van der Waals surface area contributed by atoms with Gasteiger partial charge in [-0.05, 0) is 30.3 Å². The number of benzene rings is 2. The van der Waals surface area contributed by atoms with Gasteiger partial charge in [-0.2, -0.15) is 10.0 Å². The van der Waals surface area contributed by atoms with E-state index in [1.165, 1.54) is 18.2 Å². The summed E-state index contributed by atoms with van der Waals surface area (Å²) >= 11 is 0. The van der Waals surface area contributed by atoms with Gasteiger partial charge in [0.25, 0.3) is 11.5 Å². The van der Waals surface area contributed by atoms with E-state index >= 15 is 0 Å². The van der Waals surface area contributed by atoms with Gasteiger partial charge in [-0.25, -0.2) is 8.78 Å². The van der Waals surface area contributed by atoms with Gasteiger partial charge in [-0.1, -0.05) is 0 Å². The van der Waals surface area contributed by atoms with E-state index in [0.29, 0.717) is 4.74 Å². The zero-order chi connectivity index (χ0) is 15.1. The number of carbonyl (C=O) groups excluding carboxylic acids is 1. The molecule has 0 saturated heterocycles. The average molecular weight is 284 g/mol. The predicted molar refractivity (Wildman–Crippen MR) is 69.2 cm³/mol. The number of nitriles is 1. The highest BCUT2D eigenvalue weighted by Gasteiger charge is 2.37. The first-order chi connectivity index (χ1) is 10.0. The average Bonchev–Trinajstić information content (AvgIpc) is 2.73. The molecule has 0 unspecified atom stereocenters. The molecule has 0 N–H and O–H groups in total. The molecule has 0 saturated carbocycles. The summed E-state index contributed by atoms with van der Waals surface area (Å²) in [7, 11) is 0. The molecule has 0 bridgehead atoms. The fraction of sp³-hybridized carbons (Fsp3) is 0. The van der Waals surface area contributed by atoms with Crippen LogP contribution in [0.15, 0.2) is 36.4 Å². The summed E-state index contributed by atoms with van der Waals surface area (Å²) in [6, 6.07) is 8.74. The number of halogens is 2. The molecule has 0 aromatic heterocycles. The van der Waals surface area contributed by atoms with Gasteiger partial charge >= 0.3 is 0 Å². The van der Waals surface area contributed by atoms with Crippen molar-refractivity contribution >= 4 is 17.2 Å². The van der Waals surface area contributed by atoms with Crippen LogP contribution >= 0.6 is 0 Å². The predicted octanol–water partition coefficient (Wildman–Crippen LogP) is 2.66. The van der Waals surface area contributed by atoms with Crippen molar-refractivity contribution in [3.05, 3.63) is 69.9 Å². The molecule has 102 valence electrons. The number of Topliss-reactive ketones (excluding diaryl/α,β-unsaturated/α-hetero) is 1. The van der Waals surface area contributed by atoms with E-state index in [-0.39, 0.29) is 28.1 Å². The van der Waals surface area contributed by atoms with E-state index in [2.05, 4.69) is 0 Å². The summed E-state index contributed by atoms with van der Waals surface area (Å²) in [5.41, 5.74) is 0.0825. The molecule has 0 amide bonds. The van der Waals surface area contributed by atoms with Crippen LogP contribution in [-0.2, 0) is 0 Å². The second-order valence-electron chi connectivity index (χ2n) is 4.44. The van der Waals surface area contributed by atoms with Gasteiger partial charge in [0.1, 0.15) is 5.56 Å². The van der Waals surface area contributed by atoms with Crippen molar-refractivity contribution in [2.24, 2.45) is 0 Å². The minimum atomic E-state index is -1.14. The second kappa shape index (κ2) is 4.49. The van der Waals surface area contributed by atoms with Crippen molar-refractivity contribution in [1.29, 1.82) is 5.26 Å². The Morgan fingerprint density at radius 1 is 1.10 bits per heavy atom. The fourth-order valence-corrected chi connectivity index (χ4v) is 2.19. The zero-order valence-corrected chi connectivity index (χ0v) is 10.4. The molecule has 2 aromatic rings. The summed E-state index contributed by atoms with van der Waals surface area (Å²) in [5, 5.41) is 21.0. The summed E-state index contributed by atoms with van der Waals surface area (Å²) in [6.07, 6.45) is 0. The van der Waals surface area contributed by atoms with Crippen molar-refractivity contribution < 1.29 is 18.3 Å². The van der Waals surface area contributed by atoms with Crippen molar-refractivity contribution in [2.75, 3.05) is 0 Å². The number of nitrogens with zero attached hydrogens (tertiary/aromatic N) is 2. The van der Waals surface area contributed by atoms with Crippen LogP contribution in [0.1, 0.15) is 21.5 Å². The summed E-state index contributed by atoms with van der Waals surface area (Å²) in [6.45, 7) is 0. The lowest BCUT2D eigenvalue weighted by atomic mass is 10.0. The summed E-state index contributed by atoms with van der Waals surface area (Å²) in [5.74, 6) is -2.79. The first-order valence-electron chi connectivity index (χ1n) is 5.91. The van der Waals surface area contributed by atoms with Gasteiger partial charge in [0.15, 0.2) is 11.6 Å². The van der Waals surface area contributed by atoms with E-state index in [1.807, 2.05) is 6.07 Å². The third kappa shape index (κ3) is 1.87. The highest BCUT2D eigenvalue weighted by atomic mass is 19.2. The second-order valence-corrected chi connectivity index (χ2v) is 4.44. The Kier molecular flexibility index (Phi) is 2.77. The van der Waals surface area contributed by atoms with E-state index in [1.54, 1.807) is 0 Å². The lowest BCUT2D eigenvalue weighted by molar-refractivity contribution is -0.355. The molecule has 1 heterocycles. The molecule has 2 aromatic carbocycles. The number of fused-ring (bicyclic) bond motifs is 1. The summed E-state index contributed by atoms with van der Waals surface area (Å²) in [4.78, 5) is 12.2. The monoisotopic (exact) mass is 284 g/mol. The van der Waals surface area contributed by atoms with Gasteiger partial charge in [0.05, 0.1) is 17.2 Å². The third-order valence-corrected chi connectivity index (χ3v) is 3.20. The minimum Gasteiger partial charge on any atom is -0.618 e. The van der Waals surface area contributed by atoms with Crippen molar-refractivity contribution in [3.8, 4) is 6.07 Å². The largest absolute Gasteiger partial charge is 0.618 e. The smallest absolute Gasteiger partial charge is 0.273 e. The molecule has 0 fully saturated rings. The zero-order valence-electron chi connectivity index (χ0n) is 10.4. The third-order valence-electron chi connectivity index (χ3n) is 3.20. The maximum absolute atomic E-state index is 13.3. The lowest BCUT2D eigenvalue weighted by Crippen LogP contribution is -2.17. The van der Waals surface area contributed by atoms with Crippen LogP contribution in [0, 0.1) is 28.2 Å². The summed E-state index contributed by atoms with van der Waals surface area (Å²) < 4.78 is 26.6. The molecule has 0 atom stereocenters. The Balaban J connectivity index is 2.20. The molecule has 0 spiro atoms. The molecule has 6 heteroatoms. The van der Waals surface area contributed by atoms with Gasteiger partial charge in [-0.3, -0.25) is 4.79 Å². The van der Waals surface area contributed by atoms with Crippen LogP contribution in [0.25, 0.3) is 0 Å². The molecule has 1 aliphatic heterocycles. The number of rotatable bonds is 1. The fourth-order valence-electron chi connectivity index (χ4n) is 2.19. The molecule has 0 radical (unpaired) electrons. The van der Waals surface area contributed by atoms with Gasteiger partial charge in [-0.15, -0.1) is 0 Å². The Morgan fingerprint density at radius 2 is 1.86 bits per heavy atom. The molecular weight excluding hydrogens is 278 g/mol. The number of ketones is 1. The molecule has 3 rings (SSSR count). The van der Waals surface area contributed by atoms with Gasteiger partial charge < -0.3 is 5.21 Å². The molecular formula is C15H6F2N2O2. The number of hydrogen-bond donors (Lipinski definition) is 0. The van der Waals surface area contributed by atoms with Crippen LogP contribution < -0.4 is 0 Å². The quantitative estimate of drug-likeness (QED) is 0.597. The van der Waals surface area contributed by atoms with Gasteiger partial charge in [0, 0.05) is 6.07 Å². The van der Waals surface area contributed by atoms with Crippen molar-refractivity contribution in [1.82, 2.24) is 0 Å². The highest BCUT2D eigenvalue weighted by molar-refractivity contribution is 6.52. The van der Waals surface area contributed by atoms with Crippen LogP contribution in [-0.4, -0.2) is 16.2 Å². The standard InChI is InChI=1S/C15H6F2N2O2/c16-11-4-2-9(6-12(11)17)14-15(20)10-3-1-8(7-18)5-13(10)19(14)21/h1-6H. The molecule has 0 aliphatic carbocycles. The van der Waals surface area contributed by atoms with Crippen LogP contribution in [0.2, 0.25) is 0 Å². The van der Waals surface area contributed by atoms with E-state index in [4.69, 9.17) is 5.26 Å². The van der Waals surface area contributed by atoms with Crippen LogP contribution in [0.4, 0.5) is 14.5 Å². The Hall–Kier alpha value is -3.07. The minimum absolute atomic E-state index is 0.0105. The topological polar surface area (TPSA) is 66.9 Å².